The molecular weight excluding hydrogens is 258 g/mol. The summed E-state index contributed by atoms with van der Waals surface area (Å²) in [7, 11) is 3.89. The standard InChI is InChI=1S/C13H15N5O2/c1-17(7-10-6-14-18(2)8-10)9-12-15-13(16-20-12)11-4-3-5-19-11/h3-6,8H,7,9H2,1-2H3. The number of hydrogen-bond donors (Lipinski definition) is 0. The van der Waals surface area contributed by atoms with Crippen LogP contribution in [-0.2, 0) is 20.1 Å². The molecule has 0 saturated heterocycles. The molecule has 20 heavy (non-hydrogen) atoms. The second-order valence-electron chi connectivity index (χ2n) is 4.68. The van der Waals surface area contributed by atoms with Crippen molar-refractivity contribution in [2.75, 3.05) is 7.05 Å². The van der Waals surface area contributed by atoms with Gasteiger partial charge in [-0.25, -0.2) is 0 Å². The number of aryl methyl sites for hydroxylation is 1. The van der Waals surface area contributed by atoms with E-state index in [1.54, 1.807) is 23.1 Å². The van der Waals surface area contributed by atoms with Gasteiger partial charge in [-0.1, -0.05) is 5.16 Å². The lowest BCUT2D eigenvalue weighted by molar-refractivity contribution is 0.261. The van der Waals surface area contributed by atoms with Crippen LogP contribution in [0.3, 0.4) is 0 Å². The molecule has 7 nitrogen and oxygen atoms in total. The summed E-state index contributed by atoms with van der Waals surface area (Å²) in [5.41, 5.74) is 1.14. The molecule has 0 atom stereocenters. The molecular formula is C13H15N5O2. The highest BCUT2D eigenvalue weighted by molar-refractivity contribution is 5.44. The van der Waals surface area contributed by atoms with Gasteiger partial charge < -0.3 is 8.94 Å². The van der Waals surface area contributed by atoms with E-state index in [2.05, 4.69) is 20.1 Å². The maximum absolute atomic E-state index is 5.23. The average molecular weight is 273 g/mol. The quantitative estimate of drug-likeness (QED) is 0.704. The van der Waals surface area contributed by atoms with E-state index in [0.717, 1.165) is 12.1 Å². The second kappa shape index (κ2) is 5.30. The Kier molecular flexibility index (Phi) is 3.34. The molecule has 0 aromatic carbocycles. The topological polar surface area (TPSA) is 73.1 Å². The monoisotopic (exact) mass is 273 g/mol. The van der Waals surface area contributed by atoms with E-state index in [9.17, 15) is 0 Å². The van der Waals surface area contributed by atoms with Crippen molar-refractivity contribution in [1.29, 1.82) is 0 Å². The smallest absolute Gasteiger partial charge is 0.241 e. The third-order valence-corrected chi connectivity index (χ3v) is 2.83. The zero-order valence-electron chi connectivity index (χ0n) is 11.4. The number of furan rings is 1. The highest BCUT2D eigenvalue weighted by atomic mass is 16.5. The predicted octanol–water partition coefficient (Wildman–Crippen LogP) is 1.70. The Balaban J connectivity index is 1.63. The maximum Gasteiger partial charge on any atom is 0.241 e. The van der Waals surface area contributed by atoms with Crippen molar-refractivity contribution < 1.29 is 8.94 Å². The molecule has 3 aromatic heterocycles. The summed E-state index contributed by atoms with van der Waals surface area (Å²) in [6.07, 6.45) is 5.41. The van der Waals surface area contributed by atoms with Gasteiger partial charge in [-0.3, -0.25) is 9.58 Å². The van der Waals surface area contributed by atoms with Gasteiger partial charge in [0.15, 0.2) is 5.76 Å². The van der Waals surface area contributed by atoms with Gasteiger partial charge in [0.2, 0.25) is 11.7 Å². The summed E-state index contributed by atoms with van der Waals surface area (Å²) < 4.78 is 12.2. The van der Waals surface area contributed by atoms with E-state index in [1.165, 1.54) is 0 Å². The SMILES string of the molecule is CN(Cc1cnn(C)c1)Cc1nc(-c2ccco2)no1. The molecule has 7 heteroatoms. The Morgan fingerprint density at radius 2 is 2.25 bits per heavy atom. The van der Waals surface area contributed by atoms with Crippen molar-refractivity contribution in [1.82, 2.24) is 24.8 Å². The number of hydrogen-bond acceptors (Lipinski definition) is 6. The second-order valence-corrected chi connectivity index (χ2v) is 4.68. The molecule has 0 spiro atoms. The average Bonchev–Trinajstić information content (AvgIpc) is 3.10. The third kappa shape index (κ3) is 2.77. The minimum atomic E-state index is 0.472. The lowest BCUT2D eigenvalue weighted by atomic mass is 10.3. The Morgan fingerprint density at radius 3 is 2.95 bits per heavy atom. The van der Waals surface area contributed by atoms with Crippen LogP contribution in [0.2, 0.25) is 0 Å². The molecule has 104 valence electrons. The van der Waals surface area contributed by atoms with Gasteiger partial charge >= 0.3 is 0 Å². The third-order valence-electron chi connectivity index (χ3n) is 2.83. The first kappa shape index (κ1) is 12.6. The maximum atomic E-state index is 5.23. The molecule has 0 radical (unpaired) electrons. The molecule has 0 N–H and O–H groups in total. The molecule has 0 unspecified atom stereocenters. The summed E-state index contributed by atoms with van der Waals surface area (Å²) >= 11 is 0. The molecule has 0 saturated carbocycles. The Labute approximate surface area is 115 Å². The molecule has 3 heterocycles. The first-order valence-corrected chi connectivity index (χ1v) is 6.23. The van der Waals surface area contributed by atoms with Gasteiger partial charge in [0.05, 0.1) is 19.0 Å². The van der Waals surface area contributed by atoms with E-state index in [1.807, 2.05) is 26.5 Å². The molecule has 0 amide bonds. The summed E-state index contributed by atoms with van der Waals surface area (Å²) in [4.78, 5) is 6.39. The minimum absolute atomic E-state index is 0.472. The summed E-state index contributed by atoms with van der Waals surface area (Å²) in [5, 5.41) is 8.04. The van der Waals surface area contributed by atoms with E-state index in [4.69, 9.17) is 8.94 Å². The van der Waals surface area contributed by atoms with Crippen LogP contribution in [0.4, 0.5) is 0 Å². The fraction of sp³-hybridized carbons (Fsp3) is 0.308. The normalized spacial score (nSPS) is 11.3. The van der Waals surface area contributed by atoms with Crippen LogP contribution in [0.25, 0.3) is 11.6 Å². The van der Waals surface area contributed by atoms with Gasteiger partial charge in [-0.2, -0.15) is 10.1 Å². The van der Waals surface area contributed by atoms with E-state index >= 15 is 0 Å². The van der Waals surface area contributed by atoms with Gasteiger partial charge in [0.1, 0.15) is 0 Å². The molecule has 3 rings (SSSR count). The van der Waals surface area contributed by atoms with Crippen LogP contribution in [0.1, 0.15) is 11.5 Å². The molecule has 0 aliphatic rings. The first-order valence-electron chi connectivity index (χ1n) is 6.23. The fourth-order valence-electron chi connectivity index (χ4n) is 1.98. The van der Waals surface area contributed by atoms with Crippen LogP contribution in [0.15, 0.2) is 39.7 Å². The van der Waals surface area contributed by atoms with Crippen LogP contribution < -0.4 is 0 Å². The van der Waals surface area contributed by atoms with Crippen molar-refractivity contribution in [2.45, 2.75) is 13.1 Å². The lowest BCUT2D eigenvalue weighted by Crippen LogP contribution is -2.17. The Hall–Kier alpha value is -2.41. The van der Waals surface area contributed by atoms with Crippen molar-refractivity contribution in [3.05, 3.63) is 42.2 Å². The van der Waals surface area contributed by atoms with Crippen LogP contribution in [0, 0.1) is 0 Å². The summed E-state index contributed by atoms with van der Waals surface area (Å²) in [5.74, 6) is 1.64. The number of nitrogens with zero attached hydrogens (tertiary/aromatic N) is 5. The highest BCUT2D eigenvalue weighted by Gasteiger charge is 2.12. The highest BCUT2D eigenvalue weighted by Crippen LogP contribution is 2.16. The molecule has 0 bridgehead atoms. The van der Waals surface area contributed by atoms with Crippen molar-refractivity contribution in [3.63, 3.8) is 0 Å². The Bertz CT molecular complexity index is 671. The largest absolute Gasteiger partial charge is 0.461 e. The van der Waals surface area contributed by atoms with Crippen LogP contribution >= 0.6 is 0 Å². The van der Waals surface area contributed by atoms with E-state index in [-0.39, 0.29) is 0 Å². The lowest BCUT2D eigenvalue weighted by Gasteiger charge is -2.12. The fourth-order valence-corrected chi connectivity index (χ4v) is 1.98. The van der Waals surface area contributed by atoms with Gasteiger partial charge in [0.25, 0.3) is 0 Å². The van der Waals surface area contributed by atoms with Crippen molar-refractivity contribution >= 4 is 0 Å². The zero-order valence-corrected chi connectivity index (χ0v) is 11.4. The molecule has 0 aliphatic carbocycles. The van der Waals surface area contributed by atoms with Gasteiger partial charge in [-0.15, -0.1) is 0 Å². The number of aromatic nitrogens is 4. The van der Waals surface area contributed by atoms with Crippen molar-refractivity contribution in [3.8, 4) is 11.6 Å². The van der Waals surface area contributed by atoms with Crippen molar-refractivity contribution in [2.24, 2.45) is 7.05 Å². The molecule has 3 aromatic rings. The van der Waals surface area contributed by atoms with Crippen LogP contribution in [0.5, 0.6) is 0 Å². The first-order chi connectivity index (χ1) is 9.70. The summed E-state index contributed by atoms with van der Waals surface area (Å²) in [6, 6.07) is 3.59. The Morgan fingerprint density at radius 1 is 1.35 bits per heavy atom. The minimum Gasteiger partial charge on any atom is -0.461 e. The van der Waals surface area contributed by atoms with E-state index < -0.39 is 0 Å². The van der Waals surface area contributed by atoms with Gasteiger partial charge in [0, 0.05) is 25.4 Å². The zero-order chi connectivity index (χ0) is 13.9. The predicted molar refractivity (Wildman–Crippen MR) is 70.4 cm³/mol. The summed E-state index contributed by atoms with van der Waals surface area (Å²) in [6.45, 7) is 1.34. The van der Waals surface area contributed by atoms with Crippen LogP contribution in [-0.4, -0.2) is 31.9 Å². The van der Waals surface area contributed by atoms with Gasteiger partial charge in [-0.05, 0) is 19.2 Å². The molecule has 0 aliphatic heterocycles. The molecule has 0 fully saturated rings. The number of rotatable bonds is 5. The van der Waals surface area contributed by atoms with E-state index in [0.29, 0.717) is 24.0 Å².